The first-order valence-corrected chi connectivity index (χ1v) is 5.91. The van der Waals surface area contributed by atoms with Crippen molar-refractivity contribution in [3.8, 4) is 0 Å². The summed E-state index contributed by atoms with van der Waals surface area (Å²) in [5.41, 5.74) is -0.0295. The van der Waals surface area contributed by atoms with E-state index in [-0.39, 0.29) is 11.3 Å². The van der Waals surface area contributed by atoms with Crippen LogP contribution in [0.2, 0.25) is 0 Å². The van der Waals surface area contributed by atoms with Crippen molar-refractivity contribution in [2.24, 2.45) is 0 Å². The summed E-state index contributed by atoms with van der Waals surface area (Å²) in [5.74, 6) is -0.990. The van der Waals surface area contributed by atoms with Gasteiger partial charge in [-0.15, -0.1) is 0 Å². The number of halogens is 3. The summed E-state index contributed by atoms with van der Waals surface area (Å²) in [5, 5.41) is 0. The standard InChI is InChI=1S/C11H5Br2FO2/c12-6-2-1-3-8(14)9(6)10(15)11-7(13)4-5-16-11/h1-5H. The maximum atomic E-state index is 13.5. The average Bonchev–Trinajstić information content (AvgIpc) is 2.64. The first kappa shape index (κ1) is 11.5. The van der Waals surface area contributed by atoms with E-state index in [9.17, 15) is 9.18 Å². The number of carbonyl (C=O) groups excluding carboxylic acids is 1. The van der Waals surface area contributed by atoms with Crippen LogP contribution < -0.4 is 0 Å². The van der Waals surface area contributed by atoms with Crippen molar-refractivity contribution in [3.05, 3.63) is 56.6 Å². The van der Waals surface area contributed by atoms with Crippen molar-refractivity contribution in [1.82, 2.24) is 0 Å². The Hall–Kier alpha value is -0.940. The van der Waals surface area contributed by atoms with Gasteiger partial charge in [0.2, 0.25) is 5.78 Å². The van der Waals surface area contributed by atoms with Gasteiger partial charge in [-0.25, -0.2) is 4.39 Å². The Kier molecular flexibility index (Phi) is 3.25. The fourth-order valence-corrected chi connectivity index (χ4v) is 2.19. The second kappa shape index (κ2) is 4.51. The summed E-state index contributed by atoms with van der Waals surface area (Å²) in [7, 11) is 0. The normalized spacial score (nSPS) is 10.4. The molecule has 1 aromatic heterocycles. The van der Waals surface area contributed by atoms with Crippen molar-refractivity contribution in [2.75, 3.05) is 0 Å². The van der Waals surface area contributed by atoms with Gasteiger partial charge in [0, 0.05) is 4.47 Å². The molecule has 0 aliphatic rings. The van der Waals surface area contributed by atoms with Gasteiger partial charge in [-0.05, 0) is 50.1 Å². The molecule has 1 heterocycles. The predicted molar refractivity (Wildman–Crippen MR) is 63.9 cm³/mol. The molecule has 0 unspecified atom stereocenters. The minimum Gasteiger partial charge on any atom is -0.460 e. The van der Waals surface area contributed by atoms with Crippen LogP contribution in [0.3, 0.4) is 0 Å². The van der Waals surface area contributed by atoms with Crippen LogP contribution in [0.4, 0.5) is 4.39 Å². The maximum Gasteiger partial charge on any atom is 0.233 e. The molecule has 5 heteroatoms. The summed E-state index contributed by atoms with van der Waals surface area (Å²) in [6, 6.07) is 5.94. The molecule has 0 saturated carbocycles. The van der Waals surface area contributed by atoms with Gasteiger partial charge in [-0.1, -0.05) is 6.07 Å². The molecule has 0 aliphatic carbocycles. The summed E-state index contributed by atoms with van der Waals surface area (Å²) in [6.45, 7) is 0. The van der Waals surface area contributed by atoms with E-state index in [2.05, 4.69) is 31.9 Å². The molecule has 2 rings (SSSR count). The molecule has 0 N–H and O–H groups in total. The zero-order valence-corrected chi connectivity index (χ0v) is 11.0. The minimum atomic E-state index is -0.581. The number of rotatable bonds is 2. The number of furan rings is 1. The Bertz CT molecular complexity index is 528. The molecule has 0 saturated heterocycles. The summed E-state index contributed by atoms with van der Waals surface area (Å²) in [4.78, 5) is 12.0. The lowest BCUT2D eigenvalue weighted by Crippen LogP contribution is -2.04. The number of hydrogen-bond acceptors (Lipinski definition) is 2. The van der Waals surface area contributed by atoms with Gasteiger partial charge in [0.15, 0.2) is 5.76 Å². The molecule has 0 radical (unpaired) electrons. The van der Waals surface area contributed by atoms with Gasteiger partial charge in [-0.2, -0.15) is 0 Å². The van der Waals surface area contributed by atoms with E-state index in [0.717, 1.165) is 0 Å². The molecular weight excluding hydrogens is 343 g/mol. The van der Waals surface area contributed by atoms with Gasteiger partial charge in [0.25, 0.3) is 0 Å². The highest BCUT2D eigenvalue weighted by atomic mass is 79.9. The molecule has 82 valence electrons. The molecule has 0 spiro atoms. The fourth-order valence-electron chi connectivity index (χ4n) is 1.28. The molecule has 0 bridgehead atoms. The van der Waals surface area contributed by atoms with E-state index in [1.165, 1.54) is 18.4 Å². The van der Waals surface area contributed by atoms with Crippen LogP contribution in [0.15, 0.2) is 43.9 Å². The lowest BCUT2D eigenvalue weighted by molar-refractivity contribution is 0.100. The van der Waals surface area contributed by atoms with Crippen LogP contribution in [0.1, 0.15) is 16.1 Å². The van der Waals surface area contributed by atoms with Gasteiger partial charge in [-0.3, -0.25) is 4.79 Å². The van der Waals surface area contributed by atoms with Crippen LogP contribution >= 0.6 is 31.9 Å². The highest BCUT2D eigenvalue weighted by molar-refractivity contribution is 9.10. The Morgan fingerprint density at radius 2 is 1.94 bits per heavy atom. The van der Waals surface area contributed by atoms with Crippen molar-refractivity contribution < 1.29 is 13.6 Å². The van der Waals surface area contributed by atoms with Crippen LogP contribution in [0, 0.1) is 5.82 Å². The maximum absolute atomic E-state index is 13.5. The highest BCUT2D eigenvalue weighted by Gasteiger charge is 2.21. The zero-order chi connectivity index (χ0) is 11.7. The minimum absolute atomic E-state index is 0.0295. The van der Waals surface area contributed by atoms with E-state index in [1.54, 1.807) is 12.1 Å². The molecular formula is C11H5Br2FO2. The monoisotopic (exact) mass is 346 g/mol. The van der Waals surface area contributed by atoms with Gasteiger partial charge in [0.05, 0.1) is 16.3 Å². The van der Waals surface area contributed by atoms with Crippen LogP contribution in [0.25, 0.3) is 0 Å². The van der Waals surface area contributed by atoms with E-state index < -0.39 is 11.6 Å². The second-order valence-corrected chi connectivity index (χ2v) is 4.73. The predicted octanol–water partition coefficient (Wildman–Crippen LogP) is 4.17. The summed E-state index contributed by atoms with van der Waals surface area (Å²) >= 11 is 6.30. The zero-order valence-electron chi connectivity index (χ0n) is 7.84. The molecule has 2 aromatic rings. The van der Waals surface area contributed by atoms with Gasteiger partial charge in [0.1, 0.15) is 5.82 Å². The average molecular weight is 348 g/mol. The first-order chi connectivity index (χ1) is 7.61. The largest absolute Gasteiger partial charge is 0.460 e. The Morgan fingerprint density at radius 3 is 2.50 bits per heavy atom. The first-order valence-electron chi connectivity index (χ1n) is 4.33. The molecule has 0 amide bonds. The van der Waals surface area contributed by atoms with Crippen LogP contribution in [-0.2, 0) is 0 Å². The number of ketones is 1. The van der Waals surface area contributed by atoms with E-state index in [1.807, 2.05) is 0 Å². The Labute approximate surface area is 108 Å². The number of hydrogen-bond donors (Lipinski definition) is 0. The van der Waals surface area contributed by atoms with Crippen molar-refractivity contribution in [1.29, 1.82) is 0 Å². The van der Waals surface area contributed by atoms with E-state index in [0.29, 0.717) is 8.95 Å². The molecule has 0 fully saturated rings. The SMILES string of the molecule is O=C(c1occc1Br)c1c(F)cccc1Br. The fraction of sp³-hybridized carbons (Fsp3) is 0. The van der Waals surface area contributed by atoms with Crippen LogP contribution in [-0.4, -0.2) is 5.78 Å². The van der Waals surface area contributed by atoms with Crippen molar-refractivity contribution >= 4 is 37.6 Å². The smallest absolute Gasteiger partial charge is 0.233 e. The third-order valence-corrected chi connectivity index (χ3v) is 3.30. The Balaban J connectivity index is 2.54. The highest BCUT2D eigenvalue weighted by Crippen LogP contribution is 2.26. The third-order valence-electron chi connectivity index (χ3n) is 2.01. The molecule has 1 aromatic carbocycles. The Morgan fingerprint density at radius 1 is 1.19 bits per heavy atom. The number of benzene rings is 1. The lowest BCUT2D eigenvalue weighted by atomic mass is 10.1. The van der Waals surface area contributed by atoms with Crippen LogP contribution in [0.5, 0.6) is 0 Å². The summed E-state index contributed by atoms with van der Waals surface area (Å²) < 4.78 is 19.4. The lowest BCUT2D eigenvalue weighted by Gasteiger charge is -2.03. The molecule has 0 aliphatic heterocycles. The topological polar surface area (TPSA) is 30.2 Å². The van der Waals surface area contributed by atoms with E-state index >= 15 is 0 Å². The second-order valence-electron chi connectivity index (χ2n) is 3.02. The van der Waals surface area contributed by atoms with Crippen molar-refractivity contribution in [3.63, 3.8) is 0 Å². The summed E-state index contributed by atoms with van der Waals surface area (Å²) in [6.07, 6.45) is 1.37. The van der Waals surface area contributed by atoms with Crippen molar-refractivity contribution in [2.45, 2.75) is 0 Å². The van der Waals surface area contributed by atoms with Gasteiger partial charge < -0.3 is 4.42 Å². The number of carbonyl (C=O) groups is 1. The molecule has 16 heavy (non-hydrogen) atoms. The molecule has 0 atom stereocenters. The van der Waals surface area contributed by atoms with E-state index in [4.69, 9.17) is 4.42 Å². The van der Waals surface area contributed by atoms with Gasteiger partial charge >= 0.3 is 0 Å². The third kappa shape index (κ3) is 1.97. The molecule has 2 nitrogen and oxygen atoms in total. The quantitative estimate of drug-likeness (QED) is 0.763.